The molecule has 2 heterocycles. The molecule has 0 amide bonds. The van der Waals surface area contributed by atoms with Crippen LogP contribution in [0.1, 0.15) is 12.8 Å². The lowest BCUT2D eigenvalue weighted by Gasteiger charge is -2.30. The number of hydrogen-bond donors (Lipinski definition) is 5. The van der Waals surface area contributed by atoms with Crippen LogP contribution in [0.3, 0.4) is 0 Å². The Morgan fingerprint density at radius 3 is 1.70 bits per heavy atom. The molecule has 184 valence electrons. The highest BCUT2D eigenvalue weighted by Crippen LogP contribution is 2.19. The molecular weight excluding hydrogens is 444 g/mol. The summed E-state index contributed by atoms with van der Waals surface area (Å²) < 4.78 is 0.506. The van der Waals surface area contributed by atoms with Gasteiger partial charge in [0.1, 0.15) is 6.04 Å². The molecule has 0 aliphatic carbocycles. The Morgan fingerprint density at radius 2 is 1.27 bits per heavy atom. The number of rotatable bonds is 10. The van der Waals surface area contributed by atoms with Crippen molar-refractivity contribution in [2.24, 2.45) is 0 Å². The first-order valence-corrected chi connectivity index (χ1v) is 10.2. The molecule has 1 aliphatic rings. The molecule has 33 heavy (non-hydrogen) atoms. The number of aliphatic carboxylic acids is 3. The molecule has 0 bridgehead atoms. The Kier molecular flexibility index (Phi) is 9.44. The highest BCUT2D eigenvalue weighted by Gasteiger charge is 2.29. The third kappa shape index (κ3) is 8.25. The van der Waals surface area contributed by atoms with Gasteiger partial charge >= 0.3 is 23.9 Å². The van der Waals surface area contributed by atoms with E-state index in [2.05, 4.69) is 0 Å². The number of carbonyl (C=O) groups is 4. The van der Waals surface area contributed by atoms with E-state index < -0.39 is 41.7 Å². The molecule has 5 N–H and O–H groups in total. The summed E-state index contributed by atoms with van der Waals surface area (Å²) in [6.07, 6.45) is -0.503. The van der Waals surface area contributed by atoms with Crippen molar-refractivity contribution in [3.63, 3.8) is 0 Å². The van der Waals surface area contributed by atoms with E-state index in [1.807, 2.05) is 0 Å². The van der Waals surface area contributed by atoms with Gasteiger partial charge in [-0.05, 0) is 6.42 Å². The molecule has 0 spiro atoms. The first-order valence-electron chi connectivity index (χ1n) is 10.2. The number of aromatic nitrogens is 1. The monoisotopic (exact) mass is 472 g/mol. The Hall–Kier alpha value is -3.36. The second-order valence-corrected chi connectivity index (χ2v) is 7.58. The van der Waals surface area contributed by atoms with Gasteiger partial charge in [0.05, 0.1) is 19.5 Å². The standard InChI is InChI=1S/C19H28N4O10/c24-14-2-3-15(25)23(14)33-18(30)4-1-13(19(31)32)22-9-7-20(11-16(26)27)5-6-21(8-10-22)12-17(28)29/h2-3,13,24-25H,1,4-12H2,(H,26,27)(H,28,29)(H,31,32). The Morgan fingerprint density at radius 1 is 0.818 bits per heavy atom. The molecule has 1 fully saturated rings. The molecule has 1 saturated heterocycles. The zero-order chi connectivity index (χ0) is 24.5. The summed E-state index contributed by atoms with van der Waals surface area (Å²) in [6, 6.07) is 1.09. The van der Waals surface area contributed by atoms with Crippen molar-refractivity contribution in [1.29, 1.82) is 0 Å². The third-order valence-electron chi connectivity index (χ3n) is 5.20. The maximum atomic E-state index is 12.1. The molecule has 14 nitrogen and oxygen atoms in total. The molecule has 14 heteroatoms. The number of nitrogens with zero attached hydrogens (tertiary/aromatic N) is 4. The molecule has 0 saturated carbocycles. The normalized spacial score (nSPS) is 17.5. The van der Waals surface area contributed by atoms with E-state index in [1.54, 1.807) is 14.7 Å². The molecule has 1 aromatic rings. The largest absolute Gasteiger partial charge is 0.492 e. The summed E-state index contributed by atoms with van der Waals surface area (Å²) in [4.78, 5) is 56.0. The summed E-state index contributed by atoms with van der Waals surface area (Å²) in [5.41, 5.74) is 0. The SMILES string of the molecule is O=C(O)CN1CCN(CC(=O)O)CCN(C(CCC(=O)On2c(O)ccc2O)C(=O)O)CC1. The van der Waals surface area contributed by atoms with E-state index >= 15 is 0 Å². The first kappa shape index (κ1) is 25.9. The van der Waals surface area contributed by atoms with Crippen molar-refractivity contribution in [2.45, 2.75) is 18.9 Å². The maximum Gasteiger partial charge on any atom is 0.333 e. The van der Waals surface area contributed by atoms with Crippen LogP contribution in [0.15, 0.2) is 12.1 Å². The molecule has 0 aromatic carbocycles. The number of aromatic hydroxyl groups is 2. The smallest absolute Gasteiger partial charge is 0.333 e. The Labute approximate surface area is 188 Å². The van der Waals surface area contributed by atoms with Crippen molar-refractivity contribution in [2.75, 3.05) is 52.4 Å². The zero-order valence-corrected chi connectivity index (χ0v) is 17.9. The van der Waals surface area contributed by atoms with E-state index in [1.165, 1.54) is 0 Å². The lowest BCUT2D eigenvalue weighted by atomic mass is 10.1. The summed E-state index contributed by atoms with van der Waals surface area (Å²) in [5.74, 6) is -5.21. The van der Waals surface area contributed by atoms with Crippen molar-refractivity contribution in [1.82, 2.24) is 19.4 Å². The van der Waals surface area contributed by atoms with Crippen molar-refractivity contribution in [3.05, 3.63) is 12.1 Å². The first-order chi connectivity index (χ1) is 15.6. The fourth-order valence-electron chi connectivity index (χ4n) is 3.53. The van der Waals surface area contributed by atoms with Gasteiger partial charge in [0.2, 0.25) is 11.8 Å². The van der Waals surface area contributed by atoms with Crippen molar-refractivity contribution >= 4 is 23.9 Å². The van der Waals surface area contributed by atoms with E-state index in [0.717, 1.165) is 12.1 Å². The van der Waals surface area contributed by atoms with Crippen LogP contribution < -0.4 is 4.84 Å². The topological polar surface area (TPSA) is 193 Å². The molecule has 1 unspecified atom stereocenters. The van der Waals surface area contributed by atoms with Crippen LogP contribution in [0.2, 0.25) is 0 Å². The maximum absolute atomic E-state index is 12.1. The van der Waals surface area contributed by atoms with Gasteiger partial charge in [-0.25, -0.2) is 4.79 Å². The van der Waals surface area contributed by atoms with Crippen LogP contribution in [0.25, 0.3) is 0 Å². The van der Waals surface area contributed by atoms with Crippen molar-refractivity contribution < 1.29 is 49.5 Å². The molecule has 2 rings (SSSR count). The van der Waals surface area contributed by atoms with E-state index in [0.29, 0.717) is 17.8 Å². The van der Waals surface area contributed by atoms with Crippen LogP contribution in [0.5, 0.6) is 11.8 Å². The van der Waals surface area contributed by atoms with E-state index in [-0.39, 0.29) is 52.1 Å². The van der Waals surface area contributed by atoms with Crippen molar-refractivity contribution in [3.8, 4) is 11.8 Å². The minimum Gasteiger partial charge on any atom is -0.492 e. The highest BCUT2D eigenvalue weighted by atomic mass is 16.7. The number of carbonyl (C=O) groups excluding carboxylic acids is 1. The van der Waals surface area contributed by atoms with Gasteiger partial charge in [0, 0.05) is 51.4 Å². The lowest BCUT2D eigenvalue weighted by Crippen LogP contribution is -2.47. The van der Waals surface area contributed by atoms with Crippen LogP contribution in [-0.2, 0) is 19.2 Å². The molecule has 1 atom stereocenters. The Balaban J connectivity index is 2.07. The lowest BCUT2D eigenvalue weighted by molar-refractivity contribution is -0.148. The fraction of sp³-hybridized carbons (Fsp3) is 0.579. The summed E-state index contributed by atoms with van der Waals surface area (Å²) in [7, 11) is 0. The van der Waals surface area contributed by atoms with E-state index in [9.17, 15) is 34.5 Å². The summed E-state index contributed by atoms with van der Waals surface area (Å²) in [6.45, 7) is 0.936. The number of hydrogen-bond acceptors (Lipinski definition) is 10. The zero-order valence-electron chi connectivity index (χ0n) is 17.9. The van der Waals surface area contributed by atoms with Gasteiger partial charge < -0.3 is 30.4 Å². The van der Waals surface area contributed by atoms with Gasteiger partial charge in [-0.15, -0.1) is 4.73 Å². The molecule has 1 aliphatic heterocycles. The minimum absolute atomic E-state index is 0.158. The van der Waals surface area contributed by atoms with Gasteiger partial charge in [-0.1, -0.05) is 0 Å². The van der Waals surface area contributed by atoms with Crippen LogP contribution in [-0.4, -0.2) is 127 Å². The predicted molar refractivity (Wildman–Crippen MR) is 110 cm³/mol. The average molecular weight is 472 g/mol. The third-order valence-corrected chi connectivity index (χ3v) is 5.20. The fourth-order valence-corrected chi connectivity index (χ4v) is 3.53. The average Bonchev–Trinajstić information content (AvgIpc) is 3.07. The summed E-state index contributed by atoms with van der Waals surface area (Å²) in [5, 5.41) is 47.1. The van der Waals surface area contributed by atoms with Gasteiger partial charge in [0.25, 0.3) is 0 Å². The van der Waals surface area contributed by atoms with Gasteiger partial charge in [-0.2, -0.15) is 0 Å². The molecular formula is C19H28N4O10. The number of carboxylic acids is 3. The van der Waals surface area contributed by atoms with Gasteiger partial charge in [0.15, 0.2) is 0 Å². The minimum atomic E-state index is -1.21. The number of carboxylic acid groups (broad SMARTS) is 3. The van der Waals surface area contributed by atoms with Gasteiger partial charge in [-0.3, -0.25) is 29.1 Å². The van der Waals surface area contributed by atoms with Crippen LogP contribution >= 0.6 is 0 Å². The molecule has 0 radical (unpaired) electrons. The Bertz CT molecular complexity index is 810. The summed E-state index contributed by atoms with van der Waals surface area (Å²) >= 11 is 0. The van der Waals surface area contributed by atoms with Crippen LogP contribution in [0.4, 0.5) is 0 Å². The predicted octanol–water partition coefficient (Wildman–Crippen LogP) is -1.82. The van der Waals surface area contributed by atoms with Crippen LogP contribution in [0, 0.1) is 0 Å². The highest BCUT2D eigenvalue weighted by molar-refractivity contribution is 5.76. The molecule has 1 aromatic heterocycles. The van der Waals surface area contributed by atoms with E-state index in [4.69, 9.17) is 15.1 Å². The second kappa shape index (κ2) is 12.0. The quantitative estimate of drug-likeness (QED) is 0.256. The second-order valence-electron chi connectivity index (χ2n) is 7.58.